The second kappa shape index (κ2) is 34.1. The van der Waals surface area contributed by atoms with Crippen LogP contribution in [-0.2, 0) is 21.7 Å². The van der Waals surface area contributed by atoms with Gasteiger partial charge < -0.3 is 0 Å². The lowest BCUT2D eigenvalue weighted by Gasteiger charge is -2.27. The minimum Gasteiger partial charge on any atom is -0.260 e. The summed E-state index contributed by atoms with van der Waals surface area (Å²) in [5.74, 6) is 0. The number of rotatable bonds is 16. The van der Waals surface area contributed by atoms with E-state index in [1.807, 2.05) is 90.0 Å². The minimum absolute atomic E-state index is 0.0837. The molecule has 0 unspecified atom stereocenters. The average molecular weight is 1450 g/mol. The van der Waals surface area contributed by atoms with Gasteiger partial charge in [-0.15, -0.1) is 0 Å². The molecule has 16 aromatic rings. The molecule has 0 fully saturated rings. The predicted octanol–water partition coefficient (Wildman–Crippen LogP) is 25.5. The van der Waals surface area contributed by atoms with Gasteiger partial charge in [0.25, 0.3) is 0 Å². The highest BCUT2D eigenvalue weighted by Gasteiger charge is 2.30. The van der Waals surface area contributed by atoms with Crippen molar-refractivity contribution >= 4 is 0 Å². The Balaban J connectivity index is 0.000000131. The summed E-state index contributed by atoms with van der Waals surface area (Å²) in [5.41, 5.74) is 29.7. The highest BCUT2D eigenvalue weighted by molar-refractivity contribution is 5.81. The average Bonchev–Trinajstić information content (AvgIpc) is 1.24. The van der Waals surface area contributed by atoms with Crippen LogP contribution in [0.3, 0.4) is 0 Å². The largest absolute Gasteiger partial charge is 0.260 e. The molecule has 0 aliphatic carbocycles. The molecule has 8 heteroatoms. The van der Waals surface area contributed by atoms with Crippen LogP contribution < -0.4 is 0 Å². The van der Waals surface area contributed by atoms with Crippen molar-refractivity contribution in [2.24, 2.45) is 0 Å². The Morgan fingerprint density at radius 3 is 1.17 bits per heavy atom. The number of benzene rings is 9. The van der Waals surface area contributed by atoms with Gasteiger partial charge in [-0.2, -0.15) is 5.10 Å². The predicted molar refractivity (Wildman–Crippen MR) is 461 cm³/mol. The first kappa shape index (κ1) is 76.3. The zero-order chi connectivity index (χ0) is 77.5. The molecular formula is C103H96N8. The van der Waals surface area contributed by atoms with Crippen LogP contribution in [0, 0.1) is 27.7 Å². The van der Waals surface area contributed by atoms with Gasteiger partial charge in [-0.05, 0) is 189 Å². The second-order valence-corrected chi connectivity index (χ2v) is 30.6. The van der Waals surface area contributed by atoms with Crippen molar-refractivity contribution in [2.45, 2.75) is 105 Å². The molecule has 16 rings (SSSR count). The van der Waals surface area contributed by atoms with E-state index in [1.54, 1.807) is 6.20 Å². The SMILES string of the molecule is CC(C)(c1ccccc1)c1cccc(-c2ccccc2-c2cccc(-c3ccccc3)n2)n1.Cc1cccc(-c2cccc(C(C)(C)c3cccc(-c4cccc(C)c4)c3)c2)c1.Cc1cccc(-c2cccc(C(C)(C)c3cccc(-n4cccn4)c3)n2)c1.Cc1ccnc(-c2cccc(C(C)(C)c3ccccn3)n2)c1. The first-order valence-electron chi connectivity index (χ1n) is 38.2. The first-order chi connectivity index (χ1) is 53.7. The highest BCUT2D eigenvalue weighted by Crippen LogP contribution is 2.40. The number of hydrogen-bond acceptors (Lipinski definition) is 7. The van der Waals surface area contributed by atoms with Gasteiger partial charge in [0.05, 0.1) is 62.6 Å². The van der Waals surface area contributed by atoms with Gasteiger partial charge in [-0.25, -0.2) is 9.67 Å². The summed E-state index contributed by atoms with van der Waals surface area (Å²) in [6, 6.07) is 118. The molecule has 0 N–H and O–H groups in total. The minimum atomic E-state index is -0.249. The third-order valence-corrected chi connectivity index (χ3v) is 21.0. The maximum Gasteiger partial charge on any atom is 0.0889 e. The van der Waals surface area contributed by atoms with E-state index < -0.39 is 0 Å². The molecule has 0 saturated carbocycles. The van der Waals surface area contributed by atoms with Gasteiger partial charge in [0.2, 0.25) is 0 Å². The number of hydrogen-bond donors (Lipinski definition) is 0. The summed E-state index contributed by atoms with van der Waals surface area (Å²) in [7, 11) is 0. The molecule has 0 aliphatic heterocycles. The van der Waals surface area contributed by atoms with Gasteiger partial charge >= 0.3 is 0 Å². The van der Waals surface area contributed by atoms with Gasteiger partial charge in [-0.1, -0.05) is 301 Å². The fraction of sp³-hybridized carbons (Fsp3) is 0.155. The van der Waals surface area contributed by atoms with Gasteiger partial charge in [-0.3, -0.25) is 24.9 Å². The molecule has 111 heavy (non-hydrogen) atoms. The lowest BCUT2D eigenvalue weighted by molar-refractivity contribution is 0.596. The second-order valence-electron chi connectivity index (χ2n) is 30.6. The van der Waals surface area contributed by atoms with Crippen molar-refractivity contribution in [3.05, 3.63) is 432 Å². The molecule has 8 nitrogen and oxygen atoms in total. The van der Waals surface area contributed by atoms with E-state index in [9.17, 15) is 0 Å². The maximum atomic E-state index is 5.13. The summed E-state index contributed by atoms with van der Waals surface area (Å²) in [5, 5.41) is 4.35. The lowest BCUT2D eigenvalue weighted by atomic mass is 9.76. The number of aryl methyl sites for hydroxylation is 4. The summed E-state index contributed by atoms with van der Waals surface area (Å²) in [4.78, 5) is 28.9. The smallest absolute Gasteiger partial charge is 0.0889 e. The third-order valence-electron chi connectivity index (χ3n) is 21.0. The molecule has 0 amide bonds. The van der Waals surface area contributed by atoms with Crippen molar-refractivity contribution in [1.29, 1.82) is 0 Å². The summed E-state index contributed by atoms with van der Waals surface area (Å²) in [6.07, 6.45) is 7.40. The van der Waals surface area contributed by atoms with Gasteiger partial charge in [0, 0.05) is 68.7 Å². The fourth-order valence-electron chi connectivity index (χ4n) is 14.0. The van der Waals surface area contributed by atoms with Crippen LogP contribution in [0.25, 0.3) is 84.4 Å². The molecule has 0 radical (unpaired) electrons. The number of nitrogens with zero attached hydrogens (tertiary/aromatic N) is 8. The van der Waals surface area contributed by atoms with Crippen LogP contribution >= 0.6 is 0 Å². The molecule has 9 aromatic carbocycles. The van der Waals surface area contributed by atoms with E-state index in [4.69, 9.17) is 19.9 Å². The summed E-state index contributed by atoms with van der Waals surface area (Å²) < 4.78 is 1.89. The van der Waals surface area contributed by atoms with Crippen LogP contribution in [0.5, 0.6) is 0 Å². The molecule has 0 saturated heterocycles. The monoisotopic (exact) mass is 1440 g/mol. The maximum absolute atomic E-state index is 5.13. The Kier molecular flexibility index (Phi) is 23.5. The molecule has 0 spiro atoms. The first-order valence-corrected chi connectivity index (χ1v) is 38.2. The summed E-state index contributed by atoms with van der Waals surface area (Å²) >= 11 is 0. The Morgan fingerprint density at radius 1 is 0.225 bits per heavy atom. The number of aromatic nitrogens is 8. The van der Waals surface area contributed by atoms with Crippen LogP contribution in [0.15, 0.2) is 365 Å². The van der Waals surface area contributed by atoms with Gasteiger partial charge in [0.1, 0.15) is 0 Å². The van der Waals surface area contributed by atoms with Crippen LogP contribution in [-0.4, -0.2) is 39.7 Å². The topological polar surface area (TPSA) is 95.2 Å². The normalized spacial score (nSPS) is 11.4. The molecular weight excluding hydrogens is 1350 g/mol. The Hall–Kier alpha value is -12.9. The zero-order valence-corrected chi connectivity index (χ0v) is 65.7. The quantitative estimate of drug-likeness (QED) is 0.0951. The van der Waals surface area contributed by atoms with Crippen molar-refractivity contribution < 1.29 is 0 Å². The Morgan fingerprint density at radius 2 is 0.622 bits per heavy atom. The molecule has 548 valence electrons. The summed E-state index contributed by atoms with van der Waals surface area (Å²) in [6.45, 7) is 26.3. The Bertz CT molecular complexity index is 5690. The number of pyridine rings is 6. The van der Waals surface area contributed by atoms with Crippen LogP contribution in [0.1, 0.15) is 123 Å². The lowest BCUT2D eigenvalue weighted by Crippen LogP contribution is -2.22. The Labute approximate surface area is 656 Å². The van der Waals surface area contributed by atoms with Crippen molar-refractivity contribution in [2.75, 3.05) is 0 Å². The van der Waals surface area contributed by atoms with E-state index in [0.717, 1.165) is 84.9 Å². The fourth-order valence-corrected chi connectivity index (χ4v) is 14.0. The van der Waals surface area contributed by atoms with E-state index in [2.05, 4.69) is 371 Å². The van der Waals surface area contributed by atoms with Gasteiger partial charge in [0.15, 0.2) is 0 Å². The molecule has 0 bridgehead atoms. The van der Waals surface area contributed by atoms with Crippen molar-refractivity contribution in [3.63, 3.8) is 0 Å². The standard InChI is InChI=1S/C31H26N2.C29H28.C24H23N3.C19H19N3/c1-31(2,24-15-7-4-8-16-24)30-22-12-21-29(33-30)26-18-10-9-17-25(26)28-20-11-19-27(32-28)23-13-5-3-6-14-23;1-21-9-5-11-23(17-21)25-13-7-15-27(19-25)29(3,4)28-16-8-14-26(20-28)24-12-6-10-22(2)18-24;1-18-8-4-9-19(16-18)22-12-6-13-23(26-22)24(2,3)20-10-5-11-21(17-20)27-15-7-14-25-27;1-14-10-12-20-16(13-14)15-7-6-9-18(22-15)19(2,3)17-8-4-5-11-21-17/h3-22H,1-2H3;5-20H,1-4H3;4-17H,1-3H3;4-13H,1-3H3. The van der Waals surface area contributed by atoms with E-state index >= 15 is 0 Å². The highest BCUT2D eigenvalue weighted by atomic mass is 15.3. The molecule has 7 aromatic heterocycles. The van der Waals surface area contributed by atoms with E-state index in [1.165, 1.54) is 66.8 Å². The van der Waals surface area contributed by atoms with Crippen molar-refractivity contribution in [1.82, 2.24) is 39.7 Å². The zero-order valence-electron chi connectivity index (χ0n) is 65.7. The van der Waals surface area contributed by atoms with Crippen molar-refractivity contribution in [3.8, 4) is 84.4 Å². The van der Waals surface area contributed by atoms with Crippen LogP contribution in [0.4, 0.5) is 0 Å². The van der Waals surface area contributed by atoms with Crippen LogP contribution in [0.2, 0.25) is 0 Å². The molecule has 0 atom stereocenters. The third kappa shape index (κ3) is 18.3. The van der Waals surface area contributed by atoms with E-state index in [-0.39, 0.29) is 21.7 Å². The molecule has 0 aliphatic rings. The van der Waals surface area contributed by atoms with E-state index in [0.29, 0.717) is 0 Å². The molecule has 7 heterocycles.